The van der Waals surface area contributed by atoms with Gasteiger partial charge >= 0.3 is 0 Å². The number of hydrogen-bond acceptors (Lipinski definition) is 5. The third-order valence-electron chi connectivity index (χ3n) is 2.99. The van der Waals surface area contributed by atoms with Crippen molar-refractivity contribution in [1.82, 2.24) is 4.98 Å². The normalized spacial score (nSPS) is 11.0. The van der Waals surface area contributed by atoms with Gasteiger partial charge in [-0.05, 0) is 42.0 Å². The van der Waals surface area contributed by atoms with Crippen molar-refractivity contribution < 1.29 is 5.11 Å². The quantitative estimate of drug-likeness (QED) is 0.490. The zero-order valence-electron chi connectivity index (χ0n) is 11.7. The predicted molar refractivity (Wildman–Crippen MR) is 96.9 cm³/mol. The Morgan fingerprint density at radius 1 is 1.09 bits per heavy atom. The first kappa shape index (κ1) is 15.8. The van der Waals surface area contributed by atoms with Gasteiger partial charge in [0, 0.05) is 10.9 Å². The van der Waals surface area contributed by atoms with Crippen LogP contribution in [0.2, 0.25) is 10.0 Å². The fourth-order valence-electron chi connectivity index (χ4n) is 1.84. The summed E-state index contributed by atoms with van der Waals surface area (Å²) in [5, 5.41) is 16.9. The Kier molecular flexibility index (Phi) is 4.81. The van der Waals surface area contributed by atoms with Crippen LogP contribution in [0.15, 0.2) is 52.9 Å². The van der Waals surface area contributed by atoms with E-state index in [2.05, 4.69) is 15.5 Å². The van der Waals surface area contributed by atoms with E-state index in [0.29, 0.717) is 15.2 Å². The van der Waals surface area contributed by atoms with Crippen LogP contribution in [0, 0.1) is 0 Å². The number of phenolic OH excluding ortho intramolecular Hbond substituents is 1. The number of rotatable bonds is 4. The van der Waals surface area contributed by atoms with E-state index in [4.69, 9.17) is 23.2 Å². The zero-order chi connectivity index (χ0) is 16.2. The van der Waals surface area contributed by atoms with Gasteiger partial charge in [-0.3, -0.25) is 5.43 Å². The number of benzene rings is 2. The van der Waals surface area contributed by atoms with Crippen molar-refractivity contribution in [3.05, 3.63) is 63.5 Å². The van der Waals surface area contributed by atoms with Crippen LogP contribution in [0.1, 0.15) is 5.56 Å². The van der Waals surface area contributed by atoms with Crippen LogP contribution >= 0.6 is 34.5 Å². The lowest BCUT2D eigenvalue weighted by atomic mass is 10.2. The summed E-state index contributed by atoms with van der Waals surface area (Å²) in [5.74, 6) is 0.223. The molecule has 0 radical (unpaired) electrons. The van der Waals surface area contributed by atoms with Gasteiger partial charge in [0.15, 0.2) is 0 Å². The largest absolute Gasteiger partial charge is 0.508 e. The second-order valence-corrected chi connectivity index (χ2v) is 6.30. The molecule has 0 aliphatic rings. The summed E-state index contributed by atoms with van der Waals surface area (Å²) in [7, 11) is 0. The third kappa shape index (κ3) is 4.01. The second kappa shape index (κ2) is 7.00. The van der Waals surface area contributed by atoms with Crippen LogP contribution in [-0.4, -0.2) is 16.3 Å². The van der Waals surface area contributed by atoms with Crippen LogP contribution in [0.25, 0.3) is 11.3 Å². The number of anilines is 1. The van der Waals surface area contributed by atoms with Crippen LogP contribution in [-0.2, 0) is 0 Å². The highest BCUT2D eigenvalue weighted by atomic mass is 35.5. The number of halogens is 2. The van der Waals surface area contributed by atoms with Gasteiger partial charge in [-0.15, -0.1) is 11.3 Å². The molecule has 0 aliphatic heterocycles. The second-order valence-electron chi connectivity index (χ2n) is 4.63. The van der Waals surface area contributed by atoms with Crippen LogP contribution < -0.4 is 5.43 Å². The SMILES string of the molecule is Oc1ccc(/C=N/Nc2nc(-c3ccc(Cl)c(Cl)c3)cs2)cc1. The lowest BCUT2D eigenvalue weighted by molar-refractivity contribution is 0.475. The molecule has 3 rings (SSSR count). The number of phenols is 1. The molecule has 2 aromatic carbocycles. The molecule has 0 bridgehead atoms. The Hall–Kier alpha value is -2.08. The average Bonchev–Trinajstić information content (AvgIpc) is 3.01. The van der Waals surface area contributed by atoms with E-state index in [0.717, 1.165) is 16.8 Å². The molecule has 0 aliphatic carbocycles. The van der Waals surface area contributed by atoms with Crippen molar-refractivity contribution in [2.75, 3.05) is 5.43 Å². The maximum atomic E-state index is 9.22. The van der Waals surface area contributed by atoms with Gasteiger partial charge in [-0.25, -0.2) is 4.98 Å². The molecule has 3 aromatic rings. The summed E-state index contributed by atoms with van der Waals surface area (Å²) >= 11 is 13.4. The first-order valence-electron chi connectivity index (χ1n) is 6.61. The standard InChI is InChI=1S/C16H11Cl2N3OS/c17-13-6-3-11(7-14(13)18)15-9-23-16(20-15)21-19-8-10-1-4-12(22)5-2-10/h1-9,22H,(H,20,21)/b19-8+. The van der Waals surface area contributed by atoms with Gasteiger partial charge in [0.05, 0.1) is 22.0 Å². The maximum Gasteiger partial charge on any atom is 0.203 e. The summed E-state index contributed by atoms with van der Waals surface area (Å²) in [5.41, 5.74) is 5.45. The molecule has 0 saturated carbocycles. The number of aromatic hydroxyl groups is 1. The zero-order valence-corrected chi connectivity index (χ0v) is 14.0. The molecular weight excluding hydrogens is 353 g/mol. The highest BCUT2D eigenvalue weighted by molar-refractivity contribution is 7.14. The van der Waals surface area contributed by atoms with Gasteiger partial charge in [0.2, 0.25) is 5.13 Å². The molecular formula is C16H11Cl2N3OS. The van der Waals surface area contributed by atoms with E-state index in [1.807, 2.05) is 11.4 Å². The molecule has 0 saturated heterocycles. The Morgan fingerprint density at radius 2 is 1.87 bits per heavy atom. The highest BCUT2D eigenvalue weighted by Gasteiger charge is 2.06. The molecule has 4 nitrogen and oxygen atoms in total. The van der Waals surface area contributed by atoms with Gasteiger partial charge in [0.25, 0.3) is 0 Å². The van der Waals surface area contributed by atoms with E-state index in [9.17, 15) is 5.11 Å². The summed E-state index contributed by atoms with van der Waals surface area (Å²) in [4.78, 5) is 4.45. The van der Waals surface area contributed by atoms with Crippen molar-refractivity contribution in [3.8, 4) is 17.0 Å². The third-order valence-corrected chi connectivity index (χ3v) is 4.47. The Balaban J connectivity index is 1.69. The number of nitrogens with one attached hydrogen (secondary N) is 1. The number of thiazole rings is 1. The molecule has 23 heavy (non-hydrogen) atoms. The molecule has 0 amide bonds. The summed E-state index contributed by atoms with van der Waals surface area (Å²) < 4.78 is 0. The predicted octanol–water partition coefficient (Wildman–Crippen LogP) is 5.27. The van der Waals surface area contributed by atoms with Crippen LogP contribution in [0.3, 0.4) is 0 Å². The minimum atomic E-state index is 0.223. The summed E-state index contributed by atoms with van der Waals surface area (Å²) in [6.07, 6.45) is 1.65. The van der Waals surface area contributed by atoms with Crippen LogP contribution in [0.5, 0.6) is 5.75 Å². The molecule has 7 heteroatoms. The van der Waals surface area contributed by atoms with E-state index in [1.165, 1.54) is 11.3 Å². The van der Waals surface area contributed by atoms with Gasteiger partial charge in [-0.2, -0.15) is 5.10 Å². The molecule has 1 aromatic heterocycles. The average molecular weight is 364 g/mol. The van der Waals surface area contributed by atoms with Crippen LogP contribution in [0.4, 0.5) is 5.13 Å². The first-order chi connectivity index (χ1) is 11.1. The van der Waals surface area contributed by atoms with E-state index >= 15 is 0 Å². The molecule has 1 heterocycles. The number of aromatic nitrogens is 1. The highest BCUT2D eigenvalue weighted by Crippen LogP contribution is 2.30. The Morgan fingerprint density at radius 3 is 2.61 bits per heavy atom. The van der Waals surface area contributed by atoms with Gasteiger partial charge in [0.1, 0.15) is 5.75 Å². The maximum absolute atomic E-state index is 9.22. The van der Waals surface area contributed by atoms with Gasteiger partial charge in [-0.1, -0.05) is 29.3 Å². The van der Waals surface area contributed by atoms with E-state index in [1.54, 1.807) is 42.6 Å². The van der Waals surface area contributed by atoms with Crippen molar-refractivity contribution in [3.63, 3.8) is 0 Å². The monoisotopic (exact) mass is 363 g/mol. The van der Waals surface area contributed by atoms with Gasteiger partial charge < -0.3 is 5.11 Å². The molecule has 0 spiro atoms. The fraction of sp³-hybridized carbons (Fsp3) is 0. The Labute approximate surface area is 147 Å². The smallest absolute Gasteiger partial charge is 0.203 e. The lowest BCUT2D eigenvalue weighted by Gasteiger charge is -1.99. The number of hydrogen-bond donors (Lipinski definition) is 2. The molecule has 116 valence electrons. The lowest BCUT2D eigenvalue weighted by Crippen LogP contribution is -1.90. The minimum absolute atomic E-state index is 0.223. The fourth-order valence-corrected chi connectivity index (χ4v) is 2.80. The van der Waals surface area contributed by atoms with Crippen molar-refractivity contribution in [1.29, 1.82) is 0 Å². The molecule has 0 unspecified atom stereocenters. The molecule has 2 N–H and O–H groups in total. The first-order valence-corrected chi connectivity index (χ1v) is 8.24. The molecule has 0 atom stereocenters. The Bertz CT molecular complexity index is 847. The summed E-state index contributed by atoms with van der Waals surface area (Å²) in [6, 6.07) is 12.1. The number of nitrogens with zero attached hydrogens (tertiary/aromatic N) is 2. The topological polar surface area (TPSA) is 57.5 Å². The van der Waals surface area contributed by atoms with E-state index in [-0.39, 0.29) is 5.75 Å². The minimum Gasteiger partial charge on any atom is -0.508 e. The van der Waals surface area contributed by atoms with Crippen molar-refractivity contribution in [2.24, 2.45) is 5.10 Å². The van der Waals surface area contributed by atoms with E-state index < -0.39 is 0 Å². The van der Waals surface area contributed by atoms with Crippen molar-refractivity contribution in [2.45, 2.75) is 0 Å². The summed E-state index contributed by atoms with van der Waals surface area (Å²) in [6.45, 7) is 0. The molecule has 0 fully saturated rings. The van der Waals surface area contributed by atoms with Crippen molar-refractivity contribution >= 4 is 45.9 Å². The number of hydrazone groups is 1.